The maximum atomic E-state index is 11.8. The van der Waals surface area contributed by atoms with Crippen LogP contribution in [0.2, 0.25) is 0 Å². The molecule has 0 saturated carbocycles. The van der Waals surface area contributed by atoms with Crippen molar-refractivity contribution in [3.8, 4) is 0 Å². The van der Waals surface area contributed by atoms with Gasteiger partial charge in [0.1, 0.15) is 6.54 Å². The molecule has 1 aromatic carbocycles. The summed E-state index contributed by atoms with van der Waals surface area (Å²) in [6.07, 6.45) is 0. The Labute approximate surface area is 145 Å². The summed E-state index contributed by atoms with van der Waals surface area (Å²) in [5.74, 6) is 0.861. The minimum Gasteiger partial charge on any atom is -0.357 e. The van der Waals surface area contributed by atoms with Gasteiger partial charge in [-0.15, -0.1) is 0 Å². The number of benzene rings is 1. The van der Waals surface area contributed by atoms with E-state index in [0.29, 0.717) is 0 Å². The average molecular weight is 331 g/mol. The van der Waals surface area contributed by atoms with Gasteiger partial charge in [-0.05, 0) is 12.5 Å². The number of amides is 1. The van der Waals surface area contributed by atoms with E-state index in [4.69, 9.17) is 0 Å². The molecule has 1 saturated heterocycles. The third-order valence-corrected chi connectivity index (χ3v) is 4.12. The average Bonchev–Trinajstić information content (AvgIpc) is 2.60. The highest BCUT2D eigenvalue weighted by Gasteiger charge is 2.19. The van der Waals surface area contributed by atoms with Crippen LogP contribution in [-0.4, -0.2) is 79.9 Å². The summed E-state index contributed by atoms with van der Waals surface area (Å²) < 4.78 is 0. The number of nitrogens with one attached hydrogen (secondary N) is 1. The minimum atomic E-state index is 0.0214. The number of carbonyl (C=O) groups is 1. The maximum Gasteiger partial charge on any atom is 0.243 e. The maximum absolute atomic E-state index is 11.8. The van der Waals surface area contributed by atoms with E-state index in [-0.39, 0.29) is 12.5 Å². The van der Waals surface area contributed by atoms with Crippen LogP contribution in [0, 0.1) is 0 Å². The van der Waals surface area contributed by atoms with Gasteiger partial charge in [0.15, 0.2) is 5.96 Å². The molecule has 6 heteroatoms. The Bertz CT molecular complexity index is 536. The lowest BCUT2D eigenvalue weighted by molar-refractivity contribution is -0.127. The van der Waals surface area contributed by atoms with Crippen LogP contribution in [0.3, 0.4) is 0 Å². The van der Waals surface area contributed by atoms with Crippen molar-refractivity contribution < 1.29 is 4.79 Å². The molecule has 0 aliphatic carbocycles. The summed E-state index contributed by atoms with van der Waals surface area (Å²) in [6.45, 7) is 7.89. The number of hydrogen-bond donors (Lipinski definition) is 1. The smallest absolute Gasteiger partial charge is 0.243 e. The van der Waals surface area contributed by atoms with Crippen LogP contribution in [-0.2, 0) is 11.3 Å². The fourth-order valence-corrected chi connectivity index (χ4v) is 2.67. The van der Waals surface area contributed by atoms with Crippen LogP contribution in [0.15, 0.2) is 35.3 Å². The van der Waals surface area contributed by atoms with Gasteiger partial charge < -0.3 is 15.1 Å². The molecule has 2 rings (SSSR count). The molecule has 0 spiro atoms. The number of hydrogen-bond acceptors (Lipinski definition) is 3. The second kappa shape index (κ2) is 9.27. The number of piperazine rings is 1. The van der Waals surface area contributed by atoms with Gasteiger partial charge in [0.05, 0.1) is 0 Å². The Morgan fingerprint density at radius 3 is 2.42 bits per heavy atom. The molecule has 1 N–H and O–H groups in total. The third-order valence-electron chi connectivity index (χ3n) is 4.12. The minimum absolute atomic E-state index is 0.0214. The number of aliphatic imine (C=N–C) groups is 1. The lowest BCUT2D eigenvalue weighted by Gasteiger charge is -2.36. The summed E-state index contributed by atoms with van der Waals surface area (Å²) in [5.41, 5.74) is 1.35. The predicted octanol–water partition coefficient (Wildman–Crippen LogP) is 0.858. The molecule has 6 nitrogen and oxygen atoms in total. The summed E-state index contributed by atoms with van der Waals surface area (Å²) in [4.78, 5) is 22.5. The van der Waals surface area contributed by atoms with E-state index in [1.165, 1.54) is 5.56 Å². The molecule has 1 aromatic rings. The molecule has 0 atom stereocenters. The van der Waals surface area contributed by atoms with Gasteiger partial charge in [0, 0.05) is 53.4 Å². The summed E-state index contributed by atoms with van der Waals surface area (Å²) in [5, 5.41) is 3.30. The highest BCUT2D eigenvalue weighted by Crippen LogP contribution is 2.08. The molecular weight excluding hydrogens is 302 g/mol. The van der Waals surface area contributed by atoms with Gasteiger partial charge in [-0.1, -0.05) is 30.3 Å². The summed E-state index contributed by atoms with van der Waals surface area (Å²) >= 11 is 0. The molecule has 1 aliphatic heterocycles. The molecule has 132 valence electrons. The number of rotatable bonds is 5. The first kappa shape index (κ1) is 18.3. The molecule has 1 amide bonds. The summed E-state index contributed by atoms with van der Waals surface area (Å²) in [7, 11) is 3.51. The topological polar surface area (TPSA) is 51.2 Å². The van der Waals surface area contributed by atoms with E-state index in [9.17, 15) is 4.79 Å². The quantitative estimate of drug-likeness (QED) is 0.642. The van der Waals surface area contributed by atoms with Crippen LogP contribution < -0.4 is 5.32 Å². The van der Waals surface area contributed by atoms with Crippen LogP contribution in [0.25, 0.3) is 0 Å². The Morgan fingerprint density at radius 1 is 1.17 bits per heavy atom. The van der Waals surface area contributed by atoms with Crippen LogP contribution >= 0.6 is 0 Å². The van der Waals surface area contributed by atoms with E-state index >= 15 is 0 Å². The monoisotopic (exact) mass is 331 g/mol. The number of nitrogens with zero attached hydrogens (tertiary/aromatic N) is 4. The fraction of sp³-hybridized carbons (Fsp3) is 0.556. The van der Waals surface area contributed by atoms with Crippen molar-refractivity contribution in [3.05, 3.63) is 35.9 Å². The van der Waals surface area contributed by atoms with E-state index in [0.717, 1.165) is 45.2 Å². The Balaban J connectivity index is 1.87. The second-order valence-electron chi connectivity index (χ2n) is 6.21. The predicted molar refractivity (Wildman–Crippen MR) is 98.0 cm³/mol. The molecule has 0 bridgehead atoms. The van der Waals surface area contributed by atoms with Crippen molar-refractivity contribution in [2.75, 3.05) is 53.4 Å². The van der Waals surface area contributed by atoms with Gasteiger partial charge in [0.25, 0.3) is 0 Å². The van der Waals surface area contributed by atoms with Gasteiger partial charge in [-0.25, -0.2) is 4.99 Å². The molecule has 1 fully saturated rings. The van der Waals surface area contributed by atoms with Crippen LogP contribution in [0.5, 0.6) is 0 Å². The molecule has 1 aliphatic rings. The van der Waals surface area contributed by atoms with Gasteiger partial charge in [0.2, 0.25) is 5.91 Å². The SMILES string of the molecule is CCNC(=NCC(=O)N(C)C)N1CCN(Cc2ccccc2)CC1. The number of likely N-dealkylation sites (N-methyl/N-ethyl adjacent to an activating group) is 1. The molecule has 24 heavy (non-hydrogen) atoms. The summed E-state index contributed by atoms with van der Waals surface area (Å²) in [6, 6.07) is 10.6. The van der Waals surface area contributed by atoms with Crippen LogP contribution in [0.1, 0.15) is 12.5 Å². The van der Waals surface area contributed by atoms with Crippen molar-refractivity contribution in [1.82, 2.24) is 20.0 Å². The molecule has 1 heterocycles. The number of guanidine groups is 1. The number of carbonyl (C=O) groups excluding carboxylic acids is 1. The standard InChI is InChI=1S/C18H29N5O/c1-4-19-18(20-14-17(24)21(2)3)23-12-10-22(11-13-23)15-16-8-6-5-7-9-16/h5-9H,4,10-15H2,1-3H3,(H,19,20). The van der Waals surface area contributed by atoms with Crippen molar-refractivity contribution in [2.24, 2.45) is 4.99 Å². The Hall–Kier alpha value is -2.08. The first-order valence-electron chi connectivity index (χ1n) is 8.60. The first-order chi connectivity index (χ1) is 11.6. The van der Waals surface area contributed by atoms with Crippen molar-refractivity contribution in [2.45, 2.75) is 13.5 Å². The van der Waals surface area contributed by atoms with Crippen LogP contribution in [0.4, 0.5) is 0 Å². The van der Waals surface area contributed by atoms with Gasteiger partial charge in [-0.3, -0.25) is 9.69 Å². The van der Waals surface area contributed by atoms with Gasteiger partial charge in [-0.2, -0.15) is 0 Å². The Morgan fingerprint density at radius 2 is 1.83 bits per heavy atom. The molecule has 0 aromatic heterocycles. The van der Waals surface area contributed by atoms with Crippen molar-refractivity contribution in [3.63, 3.8) is 0 Å². The third kappa shape index (κ3) is 5.53. The Kier molecular flexibility index (Phi) is 7.06. The molecule has 0 radical (unpaired) electrons. The molecular formula is C18H29N5O. The zero-order valence-electron chi connectivity index (χ0n) is 15.0. The van der Waals surface area contributed by atoms with E-state index < -0.39 is 0 Å². The van der Waals surface area contributed by atoms with Crippen molar-refractivity contribution >= 4 is 11.9 Å². The fourth-order valence-electron chi connectivity index (χ4n) is 2.67. The van der Waals surface area contributed by atoms with E-state index in [2.05, 4.69) is 57.4 Å². The lowest BCUT2D eigenvalue weighted by Crippen LogP contribution is -2.52. The zero-order valence-corrected chi connectivity index (χ0v) is 15.0. The normalized spacial score (nSPS) is 16.1. The highest BCUT2D eigenvalue weighted by molar-refractivity contribution is 5.84. The van der Waals surface area contributed by atoms with E-state index in [1.807, 2.05) is 0 Å². The highest BCUT2D eigenvalue weighted by atomic mass is 16.2. The molecule has 0 unspecified atom stereocenters. The first-order valence-corrected chi connectivity index (χ1v) is 8.60. The van der Waals surface area contributed by atoms with E-state index in [1.54, 1.807) is 19.0 Å². The van der Waals surface area contributed by atoms with Gasteiger partial charge >= 0.3 is 0 Å². The zero-order chi connectivity index (χ0) is 17.4. The largest absolute Gasteiger partial charge is 0.357 e. The lowest BCUT2D eigenvalue weighted by atomic mass is 10.2. The van der Waals surface area contributed by atoms with Crippen molar-refractivity contribution in [1.29, 1.82) is 0 Å². The second-order valence-corrected chi connectivity index (χ2v) is 6.21.